The van der Waals surface area contributed by atoms with Gasteiger partial charge in [0, 0.05) is 35.9 Å². The SMILES string of the molecule is C[C@H](CO)N1C[C@H](C)[C@@H](CN(C)S(=O)(=O)c2ccc(Cl)cc2)Oc2ccc(NC(=O)Nc3ccccc3)cc2C1=O. The van der Waals surface area contributed by atoms with Crippen molar-refractivity contribution in [2.75, 3.05) is 37.4 Å². The van der Waals surface area contributed by atoms with Gasteiger partial charge in [0.2, 0.25) is 10.0 Å². The van der Waals surface area contributed by atoms with Crippen LogP contribution >= 0.6 is 11.6 Å². The number of anilines is 2. The molecule has 3 aromatic carbocycles. The van der Waals surface area contributed by atoms with Crippen LogP contribution in [0.5, 0.6) is 5.75 Å². The van der Waals surface area contributed by atoms with E-state index in [-0.39, 0.29) is 47.7 Å². The maximum absolute atomic E-state index is 13.7. The molecule has 0 bridgehead atoms. The second kappa shape index (κ2) is 12.9. The number of nitrogens with one attached hydrogen (secondary N) is 2. The van der Waals surface area contributed by atoms with Gasteiger partial charge in [0.25, 0.3) is 5.91 Å². The predicted molar refractivity (Wildman–Crippen MR) is 158 cm³/mol. The van der Waals surface area contributed by atoms with Gasteiger partial charge < -0.3 is 25.4 Å². The topological polar surface area (TPSA) is 128 Å². The minimum Gasteiger partial charge on any atom is -0.488 e. The Balaban J connectivity index is 1.61. The molecule has 0 radical (unpaired) electrons. The maximum atomic E-state index is 13.7. The number of fused-ring (bicyclic) bond motifs is 1. The monoisotopic (exact) mass is 600 g/mol. The van der Waals surface area contributed by atoms with Crippen molar-refractivity contribution in [3.05, 3.63) is 83.4 Å². The average Bonchev–Trinajstić information content (AvgIpc) is 2.95. The van der Waals surface area contributed by atoms with Gasteiger partial charge in [-0.3, -0.25) is 4.79 Å². The summed E-state index contributed by atoms with van der Waals surface area (Å²) in [4.78, 5) is 27.9. The van der Waals surface area contributed by atoms with Crippen LogP contribution in [-0.4, -0.2) is 73.6 Å². The smallest absolute Gasteiger partial charge is 0.323 e. The molecule has 0 aliphatic carbocycles. The van der Waals surface area contributed by atoms with Gasteiger partial charge in [-0.05, 0) is 61.5 Å². The number of carbonyl (C=O) groups excluding carboxylic acids is 2. The van der Waals surface area contributed by atoms with Gasteiger partial charge in [-0.2, -0.15) is 4.31 Å². The zero-order valence-corrected chi connectivity index (χ0v) is 24.5. The second-order valence-corrected chi connectivity index (χ2v) is 12.5. The van der Waals surface area contributed by atoms with Crippen LogP contribution in [0, 0.1) is 5.92 Å². The Bertz CT molecular complexity index is 1490. The molecule has 0 unspecified atom stereocenters. The number of hydrogen-bond donors (Lipinski definition) is 3. The Morgan fingerprint density at radius 1 is 1.10 bits per heavy atom. The lowest BCUT2D eigenvalue weighted by molar-refractivity contribution is 0.0387. The van der Waals surface area contributed by atoms with Crippen molar-refractivity contribution in [1.82, 2.24) is 9.21 Å². The highest BCUT2D eigenvalue weighted by atomic mass is 35.5. The van der Waals surface area contributed by atoms with E-state index in [1.54, 1.807) is 48.2 Å². The third-order valence-electron chi connectivity index (χ3n) is 6.91. The van der Waals surface area contributed by atoms with E-state index in [0.29, 0.717) is 16.4 Å². The number of hydrogen-bond acceptors (Lipinski definition) is 6. The van der Waals surface area contributed by atoms with Gasteiger partial charge in [-0.15, -0.1) is 0 Å². The zero-order valence-electron chi connectivity index (χ0n) is 23.0. The number of aliphatic hydroxyl groups excluding tert-OH is 1. The van der Waals surface area contributed by atoms with Gasteiger partial charge in [-0.1, -0.05) is 36.7 Å². The summed E-state index contributed by atoms with van der Waals surface area (Å²) in [6, 6.07) is 18.5. The standard InChI is InChI=1S/C29H33ClN4O6S/c1-19-16-34(20(2)18-35)28(36)25-15-23(32-29(37)31-22-7-5-4-6-8-22)11-14-26(25)40-27(19)17-33(3)41(38,39)24-12-9-21(30)10-13-24/h4-15,19-20,27,35H,16-18H2,1-3H3,(H2,31,32,37)/t19-,20+,27+/m0/s1. The van der Waals surface area contributed by atoms with Crippen molar-refractivity contribution in [2.45, 2.75) is 30.9 Å². The van der Waals surface area contributed by atoms with E-state index in [9.17, 15) is 23.1 Å². The summed E-state index contributed by atoms with van der Waals surface area (Å²) in [5.74, 6) is -0.424. The highest BCUT2D eigenvalue weighted by Gasteiger charge is 2.35. The number of para-hydroxylation sites is 1. The van der Waals surface area contributed by atoms with E-state index < -0.39 is 28.2 Å². The Morgan fingerprint density at radius 2 is 1.76 bits per heavy atom. The molecule has 0 saturated heterocycles. The number of nitrogens with zero attached hydrogens (tertiary/aromatic N) is 2. The van der Waals surface area contributed by atoms with Crippen LogP contribution in [0.4, 0.5) is 16.2 Å². The van der Waals surface area contributed by atoms with Gasteiger partial charge in [0.05, 0.1) is 29.7 Å². The lowest BCUT2D eigenvalue weighted by atomic mass is 9.99. The van der Waals surface area contributed by atoms with E-state index >= 15 is 0 Å². The van der Waals surface area contributed by atoms with Gasteiger partial charge in [0.1, 0.15) is 11.9 Å². The largest absolute Gasteiger partial charge is 0.488 e. The Hall–Kier alpha value is -3.64. The summed E-state index contributed by atoms with van der Waals surface area (Å²) in [5, 5.41) is 15.8. The fourth-order valence-corrected chi connectivity index (χ4v) is 5.78. The highest BCUT2D eigenvalue weighted by Crippen LogP contribution is 2.31. The Kier molecular flexibility index (Phi) is 9.54. The molecule has 1 aliphatic heterocycles. The van der Waals surface area contributed by atoms with Crippen LogP contribution in [0.15, 0.2) is 77.7 Å². The number of halogens is 1. The number of ether oxygens (including phenoxy) is 1. The molecule has 41 heavy (non-hydrogen) atoms. The fraction of sp³-hybridized carbons (Fsp3) is 0.310. The van der Waals surface area contributed by atoms with Gasteiger partial charge in [0.15, 0.2) is 0 Å². The highest BCUT2D eigenvalue weighted by molar-refractivity contribution is 7.89. The van der Waals surface area contributed by atoms with Crippen LogP contribution in [-0.2, 0) is 10.0 Å². The minimum atomic E-state index is -3.85. The van der Waals surface area contributed by atoms with Crippen molar-refractivity contribution in [3.8, 4) is 5.75 Å². The second-order valence-electron chi connectivity index (χ2n) is 10.0. The summed E-state index contributed by atoms with van der Waals surface area (Å²) in [7, 11) is -2.38. The number of rotatable bonds is 8. The van der Waals surface area contributed by atoms with E-state index in [0.717, 1.165) is 0 Å². The number of amides is 3. The molecule has 0 fully saturated rings. The lowest BCUT2D eigenvalue weighted by Gasteiger charge is -2.38. The number of urea groups is 1. The minimum absolute atomic E-state index is 0.000581. The summed E-state index contributed by atoms with van der Waals surface area (Å²) in [5.41, 5.74) is 1.15. The molecule has 4 rings (SSSR count). The summed E-state index contributed by atoms with van der Waals surface area (Å²) >= 11 is 5.93. The van der Waals surface area contributed by atoms with Crippen molar-refractivity contribution in [1.29, 1.82) is 0 Å². The van der Waals surface area contributed by atoms with Crippen LogP contribution in [0.3, 0.4) is 0 Å². The van der Waals surface area contributed by atoms with Gasteiger partial charge >= 0.3 is 6.03 Å². The molecule has 1 heterocycles. The molecule has 10 nitrogen and oxygen atoms in total. The lowest BCUT2D eigenvalue weighted by Crippen LogP contribution is -2.50. The average molecular weight is 601 g/mol. The quantitative estimate of drug-likeness (QED) is 0.349. The van der Waals surface area contributed by atoms with Crippen molar-refractivity contribution < 1.29 is 27.9 Å². The van der Waals surface area contributed by atoms with Crippen molar-refractivity contribution in [3.63, 3.8) is 0 Å². The third-order valence-corrected chi connectivity index (χ3v) is 9.00. The molecular weight excluding hydrogens is 568 g/mol. The first-order valence-electron chi connectivity index (χ1n) is 13.1. The van der Waals surface area contributed by atoms with E-state index in [1.165, 1.54) is 41.7 Å². The molecule has 0 saturated carbocycles. The molecule has 3 amide bonds. The molecule has 3 aromatic rings. The van der Waals surface area contributed by atoms with E-state index in [4.69, 9.17) is 16.3 Å². The molecule has 1 aliphatic rings. The van der Waals surface area contributed by atoms with Crippen molar-refractivity contribution in [2.24, 2.45) is 5.92 Å². The number of benzene rings is 3. The van der Waals surface area contributed by atoms with Crippen LogP contribution in [0.1, 0.15) is 24.2 Å². The molecule has 0 aromatic heterocycles. The molecule has 3 N–H and O–H groups in total. The molecule has 0 spiro atoms. The van der Waals surface area contributed by atoms with Crippen LogP contribution < -0.4 is 15.4 Å². The normalized spacial score (nSPS) is 18.1. The molecule has 3 atom stereocenters. The predicted octanol–water partition coefficient (Wildman–Crippen LogP) is 4.52. The van der Waals surface area contributed by atoms with Crippen molar-refractivity contribution >= 4 is 44.9 Å². The fourth-order valence-electron chi connectivity index (χ4n) is 4.47. The molecular formula is C29H33ClN4O6S. The number of sulfonamides is 1. The van der Waals surface area contributed by atoms with E-state index in [1.807, 2.05) is 13.0 Å². The maximum Gasteiger partial charge on any atom is 0.323 e. The number of likely N-dealkylation sites (N-methyl/N-ethyl adjacent to an activating group) is 1. The summed E-state index contributed by atoms with van der Waals surface area (Å²) < 4.78 is 34.0. The zero-order chi connectivity index (χ0) is 29.7. The first kappa shape index (κ1) is 30.3. The number of carbonyl (C=O) groups is 2. The third kappa shape index (κ3) is 7.17. The Labute approximate surface area is 244 Å². The van der Waals surface area contributed by atoms with Crippen LogP contribution in [0.25, 0.3) is 0 Å². The molecule has 12 heteroatoms. The van der Waals surface area contributed by atoms with Gasteiger partial charge in [-0.25, -0.2) is 13.2 Å². The first-order chi connectivity index (χ1) is 19.5. The first-order valence-corrected chi connectivity index (χ1v) is 14.9. The molecule has 218 valence electrons. The van der Waals surface area contributed by atoms with E-state index in [2.05, 4.69) is 10.6 Å². The summed E-state index contributed by atoms with van der Waals surface area (Å²) in [6.45, 7) is 3.55. The summed E-state index contributed by atoms with van der Waals surface area (Å²) in [6.07, 6.45) is -0.637. The number of aliphatic hydroxyl groups is 1. The van der Waals surface area contributed by atoms with Crippen LogP contribution in [0.2, 0.25) is 5.02 Å². The Morgan fingerprint density at radius 3 is 2.41 bits per heavy atom.